The maximum absolute atomic E-state index is 11.9. The van der Waals surface area contributed by atoms with E-state index in [1.165, 1.54) is 0 Å². The van der Waals surface area contributed by atoms with Gasteiger partial charge in [0.05, 0.1) is 20.9 Å². The molecule has 0 unspecified atom stereocenters. The first kappa shape index (κ1) is 16.0. The lowest BCUT2D eigenvalue weighted by Crippen LogP contribution is -2.11. The quantitative estimate of drug-likeness (QED) is 0.640. The van der Waals surface area contributed by atoms with Crippen LogP contribution in [0.4, 0.5) is 5.69 Å². The van der Waals surface area contributed by atoms with Crippen molar-refractivity contribution in [2.75, 3.05) is 5.32 Å². The minimum Gasteiger partial charge on any atom is -0.325 e. The molecule has 3 aromatic rings. The van der Waals surface area contributed by atoms with E-state index in [1.54, 1.807) is 17.4 Å². The highest BCUT2D eigenvalue weighted by Gasteiger charge is 2.10. The molecule has 2 aromatic carbocycles. The molecule has 1 aromatic heterocycles. The van der Waals surface area contributed by atoms with Gasteiger partial charge in [-0.3, -0.25) is 4.79 Å². The van der Waals surface area contributed by atoms with Crippen molar-refractivity contribution < 1.29 is 4.79 Å². The largest absolute Gasteiger partial charge is 0.325 e. The number of carbonyl (C=O) groups excluding carboxylic acids is 1. The van der Waals surface area contributed by atoms with Crippen molar-refractivity contribution >= 4 is 44.7 Å². The van der Waals surface area contributed by atoms with E-state index in [0.29, 0.717) is 17.1 Å². The summed E-state index contributed by atoms with van der Waals surface area (Å²) in [5.74, 6) is -0.00444. The van der Waals surface area contributed by atoms with E-state index in [1.807, 2.05) is 30.3 Å². The summed E-state index contributed by atoms with van der Waals surface area (Å²) in [4.78, 5) is 16.6. The van der Waals surface area contributed by atoms with Crippen molar-refractivity contribution in [1.82, 2.24) is 4.98 Å². The molecule has 3 rings (SSSR count). The third-order valence-electron chi connectivity index (χ3n) is 3.54. The number of carbonyl (C=O) groups is 1. The molecule has 1 N–H and O–H groups in total. The van der Waals surface area contributed by atoms with Gasteiger partial charge in [-0.1, -0.05) is 43.1 Å². The number of unbranched alkanes of at least 4 members (excludes halogenated alkanes) is 1. The van der Waals surface area contributed by atoms with Gasteiger partial charge in [0, 0.05) is 12.0 Å². The molecule has 1 amide bonds. The number of fused-ring (bicyclic) bond motifs is 1. The number of nitrogens with one attached hydrogen (secondary N) is 1. The van der Waals surface area contributed by atoms with E-state index in [9.17, 15) is 4.79 Å². The maximum Gasteiger partial charge on any atom is 0.224 e. The number of para-hydroxylation sites is 1. The molecule has 0 aliphatic carbocycles. The predicted octanol–water partition coefficient (Wildman–Crippen LogP) is 5.75. The lowest BCUT2D eigenvalue weighted by Gasteiger charge is -2.08. The first-order chi connectivity index (χ1) is 11.2. The minimum absolute atomic E-state index is 0.00444. The number of nitrogens with zero attached hydrogens (tertiary/aromatic N) is 1. The van der Waals surface area contributed by atoms with Crippen LogP contribution in [0.5, 0.6) is 0 Å². The van der Waals surface area contributed by atoms with Crippen LogP contribution in [0.1, 0.15) is 26.2 Å². The molecule has 0 aliphatic heterocycles. The zero-order chi connectivity index (χ0) is 16.2. The summed E-state index contributed by atoms with van der Waals surface area (Å²) in [6.45, 7) is 2.06. The van der Waals surface area contributed by atoms with Crippen LogP contribution in [0.25, 0.3) is 20.8 Å². The van der Waals surface area contributed by atoms with Gasteiger partial charge in [0.15, 0.2) is 0 Å². The zero-order valence-electron chi connectivity index (χ0n) is 12.8. The third-order valence-corrected chi connectivity index (χ3v) is 4.95. The summed E-state index contributed by atoms with van der Waals surface area (Å²) in [6.07, 6.45) is 2.38. The van der Waals surface area contributed by atoms with Gasteiger partial charge in [-0.05, 0) is 30.7 Å². The topological polar surface area (TPSA) is 42.0 Å². The van der Waals surface area contributed by atoms with Crippen LogP contribution in [-0.4, -0.2) is 10.9 Å². The molecule has 118 valence electrons. The molecular formula is C18H17ClN2OS. The fourth-order valence-electron chi connectivity index (χ4n) is 2.30. The molecular weight excluding hydrogens is 328 g/mol. The molecule has 1 heterocycles. The van der Waals surface area contributed by atoms with Crippen molar-refractivity contribution in [3.8, 4) is 10.6 Å². The number of thiazole rings is 1. The zero-order valence-corrected chi connectivity index (χ0v) is 14.4. The monoisotopic (exact) mass is 344 g/mol. The Hall–Kier alpha value is -1.91. The Bertz CT molecular complexity index is 811. The van der Waals surface area contributed by atoms with E-state index < -0.39 is 0 Å². The number of amides is 1. The van der Waals surface area contributed by atoms with Crippen LogP contribution in [0.15, 0.2) is 42.5 Å². The van der Waals surface area contributed by atoms with Gasteiger partial charge < -0.3 is 5.32 Å². The Labute approximate surface area is 144 Å². The number of anilines is 1. The van der Waals surface area contributed by atoms with Gasteiger partial charge in [0.1, 0.15) is 5.01 Å². The van der Waals surface area contributed by atoms with E-state index >= 15 is 0 Å². The van der Waals surface area contributed by atoms with Gasteiger partial charge in [0.2, 0.25) is 5.91 Å². The lowest BCUT2D eigenvalue weighted by molar-refractivity contribution is -0.116. The Morgan fingerprint density at radius 3 is 2.87 bits per heavy atom. The van der Waals surface area contributed by atoms with Gasteiger partial charge in [0.25, 0.3) is 0 Å². The third kappa shape index (κ3) is 3.71. The second-order valence-electron chi connectivity index (χ2n) is 5.33. The van der Waals surface area contributed by atoms with Gasteiger partial charge in [-0.2, -0.15) is 0 Å². The Kier molecular flexibility index (Phi) is 4.94. The number of rotatable bonds is 5. The molecule has 23 heavy (non-hydrogen) atoms. The van der Waals surface area contributed by atoms with E-state index in [2.05, 4.69) is 23.3 Å². The van der Waals surface area contributed by atoms with Crippen molar-refractivity contribution in [2.45, 2.75) is 26.2 Å². The van der Waals surface area contributed by atoms with Crippen LogP contribution in [-0.2, 0) is 4.79 Å². The second-order valence-corrected chi connectivity index (χ2v) is 6.77. The summed E-state index contributed by atoms with van der Waals surface area (Å²) in [7, 11) is 0. The van der Waals surface area contributed by atoms with Gasteiger partial charge in [-0.25, -0.2) is 4.98 Å². The Morgan fingerprint density at radius 2 is 2.09 bits per heavy atom. The van der Waals surface area contributed by atoms with Crippen LogP contribution >= 0.6 is 22.9 Å². The van der Waals surface area contributed by atoms with Crippen LogP contribution in [0, 0.1) is 0 Å². The molecule has 0 bridgehead atoms. The first-order valence-corrected chi connectivity index (χ1v) is 8.82. The van der Waals surface area contributed by atoms with E-state index in [4.69, 9.17) is 11.6 Å². The number of hydrogen-bond donors (Lipinski definition) is 1. The van der Waals surface area contributed by atoms with Gasteiger partial charge >= 0.3 is 0 Å². The highest BCUT2D eigenvalue weighted by Crippen LogP contribution is 2.33. The molecule has 0 fully saturated rings. The van der Waals surface area contributed by atoms with Crippen LogP contribution in [0.3, 0.4) is 0 Å². The summed E-state index contributed by atoms with van der Waals surface area (Å²) < 4.78 is 1.14. The molecule has 0 saturated carbocycles. The second kappa shape index (κ2) is 7.11. The molecule has 0 saturated heterocycles. The highest BCUT2D eigenvalue weighted by molar-refractivity contribution is 7.21. The highest BCUT2D eigenvalue weighted by atomic mass is 35.5. The molecule has 3 nitrogen and oxygen atoms in total. The maximum atomic E-state index is 11.9. The normalized spacial score (nSPS) is 10.9. The fourth-order valence-corrected chi connectivity index (χ4v) is 3.43. The summed E-state index contributed by atoms with van der Waals surface area (Å²) in [5.41, 5.74) is 2.59. The summed E-state index contributed by atoms with van der Waals surface area (Å²) in [5, 5.41) is 4.36. The van der Waals surface area contributed by atoms with E-state index in [0.717, 1.165) is 33.6 Å². The Morgan fingerprint density at radius 1 is 1.26 bits per heavy atom. The molecule has 0 radical (unpaired) electrons. The number of aromatic nitrogens is 1. The number of halogens is 1. The number of benzene rings is 2. The van der Waals surface area contributed by atoms with Crippen molar-refractivity contribution in [3.05, 3.63) is 47.5 Å². The summed E-state index contributed by atoms with van der Waals surface area (Å²) >= 11 is 7.84. The average molecular weight is 345 g/mol. The summed E-state index contributed by atoms with van der Waals surface area (Å²) in [6, 6.07) is 13.7. The van der Waals surface area contributed by atoms with Gasteiger partial charge in [-0.15, -0.1) is 11.3 Å². The molecule has 0 aliphatic rings. The van der Waals surface area contributed by atoms with Crippen molar-refractivity contribution in [2.24, 2.45) is 0 Å². The van der Waals surface area contributed by atoms with Crippen molar-refractivity contribution in [1.29, 1.82) is 0 Å². The minimum atomic E-state index is -0.00444. The van der Waals surface area contributed by atoms with Crippen LogP contribution in [0.2, 0.25) is 5.02 Å². The lowest BCUT2D eigenvalue weighted by atomic mass is 10.2. The Balaban J connectivity index is 1.88. The fraction of sp³-hybridized carbons (Fsp3) is 0.222. The predicted molar refractivity (Wildman–Crippen MR) is 98.2 cm³/mol. The molecule has 0 spiro atoms. The molecule has 0 atom stereocenters. The SMILES string of the molecule is CCCCC(=O)Nc1cc(-c2nc3ccccc3s2)ccc1Cl. The van der Waals surface area contributed by atoms with Crippen LogP contribution < -0.4 is 5.32 Å². The van der Waals surface area contributed by atoms with E-state index in [-0.39, 0.29) is 5.91 Å². The first-order valence-electron chi connectivity index (χ1n) is 7.62. The average Bonchev–Trinajstić information content (AvgIpc) is 2.99. The van der Waals surface area contributed by atoms with Crippen molar-refractivity contribution in [3.63, 3.8) is 0 Å². The molecule has 5 heteroatoms. The standard InChI is InChI=1S/C18H17ClN2OS/c1-2-3-8-17(22)20-15-11-12(9-10-13(15)19)18-21-14-6-4-5-7-16(14)23-18/h4-7,9-11H,2-3,8H2,1H3,(H,20,22). The number of hydrogen-bond acceptors (Lipinski definition) is 3. The smallest absolute Gasteiger partial charge is 0.224 e.